The quantitative estimate of drug-likeness (QED) is 0.900. The molecule has 4 heteroatoms. The van der Waals surface area contributed by atoms with Crippen LogP contribution in [0.25, 0.3) is 0 Å². The summed E-state index contributed by atoms with van der Waals surface area (Å²) in [5.41, 5.74) is 3.56. The molecular weight excluding hydrogens is 298 g/mol. The van der Waals surface area contributed by atoms with Crippen LogP contribution in [0.15, 0.2) is 0 Å². The third-order valence-electron chi connectivity index (χ3n) is 6.99. The minimum Gasteiger partial charge on any atom is -0.353 e. The van der Waals surface area contributed by atoms with Crippen LogP contribution in [-0.4, -0.2) is 21.7 Å². The van der Waals surface area contributed by atoms with Crippen LogP contribution in [0.5, 0.6) is 0 Å². The Morgan fingerprint density at radius 1 is 1.12 bits per heavy atom. The molecule has 4 nitrogen and oxygen atoms in total. The Bertz CT molecular complexity index is 605. The SMILES string of the molecule is CCn1nc(C)c(CCC(=O)NC2C3CC4CC(C3)CC2C4)c1C. The van der Waals surface area contributed by atoms with E-state index in [1.54, 1.807) is 0 Å². The highest BCUT2D eigenvalue weighted by Crippen LogP contribution is 2.53. The first-order chi connectivity index (χ1) is 11.5. The van der Waals surface area contributed by atoms with E-state index >= 15 is 0 Å². The molecule has 0 unspecified atom stereocenters. The largest absolute Gasteiger partial charge is 0.353 e. The molecule has 0 aliphatic heterocycles. The lowest BCUT2D eigenvalue weighted by Gasteiger charge is -2.54. The Balaban J connectivity index is 1.35. The molecule has 0 radical (unpaired) electrons. The highest BCUT2D eigenvalue weighted by Gasteiger charge is 2.48. The van der Waals surface area contributed by atoms with Crippen LogP contribution in [0, 0.1) is 37.5 Å². The van der Waals surface area contributed by atoms with Gasteiger partial charge in [-0.05, 0) is 88.5 Å². The van der Waals surface area contributed by atoms with Crippen LogP contribution < -0.4 is 5.32 Å². The molecule has 4 bridgehead atoms. The molecule has 4 fully saturated rings. The summed E-state index contributed by atoms with van der Waals surface area (Å²) in [5, 5.41) is 7.99. The molecule has 132 valence electrons. The fourth-order valence-corrected chi connectivity index (χ4v) is 6.06. The van der Waals surface area contributed by atoms with E-state index in [0.717, 1.165) is 42.3 Å². The molecule has 4 saturated carbocycles. The minimum atomic E-state index is 0.246. The van der Waals surface area contributed by atoms with Crippen LogP contribution in [0.2, 0.25) is 0 Å². The number of aromatic nitrogens is 2. The van der Waals surface area contributed by atoms with Gasteiger partial charge in [0.05, 0.1) is 5.69 Å². The fraction of sp³-hybridized carbons (Fsp3) is 0.800. The Morgan fingerprint density at radius 2 is 1.75 bits per heavy atom. The van der Waals surface area contributed by atoms with Crippen molar-refractivity contribution >= 4 is 5.91 Å². The summed E-state index contributed by atoms with van der Waals surface area (Å²) >= 11 is 0. The molecule has 1 aromatic heterocycles. The van der Waals surface area contributed by atoms with E-state index < -0.39 is 0 Å². The summed E-state index contributed by atoms with van der Waals surface area (Å²) < 4.78 is 2.04. The standard InChI is InChI=1S/C20H31N3O/c1-4-23-13(3)18(12(2)22-23)5-6-19(24)21-20-16-8-14-7-15(10-16)11-17(20)9-14/h14-17,20H,4-11H2,1-3H3,(H,21,24). The second-order valence-corrected chi connectivity index (χ2v) is 8.49. The summed E-state index contributed by atoms with van der Waals surface area (Å²) in [4.78, 5) is 12.6. The van der Waals surface area contributed by atoms with Crippen molar-refractivity contribution in [3.05, 3.63) is 17.0 Å². The highest BCUT2D eigenvalue weighted by atomic mass is 16.1. The van der Waals surface area contributed by atoms with Crippen molar-refractivity contribution in [2.75, 3.05) is 0 Å². The lowest BCUT2D eigenvalue weighted by molar-refractivity contribution is -0.125. The van der Waals surface area contributed by atoms with Crippen LogP contribution in [0.1, 0.15) is 62.4 Å². The minimum absolute atomic E-state index is 0.246. The highest BCUT2D eigenvalue weighted by molar-refractivity contribution is 5.76. The summed E-state index contributed by atoms with van der Waals surface area (Å²) in [6.07, 6.45) is 8.32. The summed E-state index contributed by atoms with van der Waals surface area (Å²) in [5.74, 6) is 3.69. The average Bonchev–Trinajstić information content (AvgIpc) is 2.82. The normalized spacial score (nSPS) is 33.9. The summed E-state index contributed by atoms with van der Waals surface area (Å²) in [6, 6.07) is 0.464. The Labute approximate surface area is 145 Å². The summed E-state index contributed by atoms with van der Waals surface area (Å²) in [6.45, 7) is 7.19. The van der Waals surface area contributed by atoms with Gasteiger partial charge < -0.3 is 5.32 Å². The van der Waals surface area contributed by atoms with Crippen molar-refractivity contribution < 1.29 is 4.79 Å². The van der Waals surface area contributed by atoms with Crippen molar-refractivity contribution in [2.24, 2.45) is 23.7 Å². The molecular formula is C20H31N3O. The molecule has 1 aromatic rings. The van der Waals surface area contributed by atoms with Gasteiger partial charge in [-0.2, -0.15) is 5.10 Å². The van der Waals surface area contributed by atoms with E-state index in [1.807, 2.05) is 4.68 Å². The zero-order valence-electron chi connectivity index (χ0n) is 15.3. The van der Waals surface area contributed by atoms with Crippen LogP contribution in [0.3, 0.4) is 0 Å². The average molecular weight is 329 g/mol. The summed E-state index contributed by atoms with van der Waals surface area (Å²) in [7, 11) is 0. The molecule has 0 spiro atoms. The molecule has 4 aliphatic carbocycles. The lowest BCUT2D eigenvalue weighted by Crippen LogP contribution is -2.55. The molecule has 1 N–H and O–H groups in total. The van der Waals surface area contributed by atoms with Crippen molar-refractivity contribution in [1.29, 1.82) is 0 Å². The van der Waals surface area contributed by atoms with E-state index in [-0.39, 0.29) is 5.91 Å². The zero-order chi connectivity index (χ0) is 16.8. The molecule has 1 heterocycles. The van der Waals surface area contributed by atoms with Crippen molar-refractivity contribution in [2.45, 2.75) is 78.3 Å². The maximum Gasteiger partial charge on any atom is 0.220 e. The molecule has 0 aromatic carbocycles. The lowest BCUT2D eigenvalue weighted by atomic mass is 9.54. The van der Waals surface area contributed by atoms with Crippen LogP contribution >= 0.6 is 0 Å². The van der Waals surface area contributed by atoms with Crippen molar-refractivity contribution in [1.82, 2.24) is 15.1 Å². The molecule has 4 aliphatic rings. The second-order valence-electron chi connectivity index (χ2n) is 8.49. The predicted octanol–water partition coefficient (Wildman–Crippen LogP) is 3.39. The van der Waals surface area contributed by atoms with E-state index in [2.05, 4.69) is 31.2 Å². The van der Waals surface area contributed by atoms with Gasteiger partial charge in [-0.15, -0.1) is 0 Å². The predicted molar refractivity (Wildman–Crippen MR) is 94.7 cm³/mol. The first-order valence-corrected chi connectivity index (χ1v) is 9.87. The third-order valence-corrected chi connectivity index (χ3v) is 6.99. The van der Waals surface area contributed by atoms with Crippen molar-refractivity contribution in [3.63, 3.8) is 0 Å². The Hall–Kier alpha value is -1.32. The van der Waals surface area contributed by atoms with Gasteiger partial charge in [-0.3, -0.25) is 9.48 Å². The molecule has 5 rings (SSSR count). The number of carbonyl (C=O) groups excluding carboxylic acids is 1. The number of hydrogen-bond acceptors (Lipinski definition) is 2. The maximum absolute atomic E-state index is 12.6. The number of nitrogens with one attached hydrogen (secondary N) is 1. The van der Waals surface area contributed by atoms with Gasteiger partial charge in [0.15, 0.2) is 0 Å². The Morgan fingerprint density at radius 3 is 2.29 bits per heavy atom. The maximum atomic E-state index is 12.6. The second kappa shape index (κ2) is 6.20. The van der Waals surface area contributed by atoms with Crippen LogP contribution in [0.4, 0.5) is 0 Å². The molecule has 0 saturated heterocycles. The number of aryl methyl sites for hydroxylation is 2. The third kappa shape index (κ3) is 2.78. The number of nitrogens with zero attached hydrogens (tertiary/aromatic N) is 2. The van der Waals surface area contributed by atoms with Crippen molar-refractivity contribution in [3.8, 4) is 0 Å². The van der Waals surface area contributed by atoms with E-state index in [9.17, 15) is 4.79 Å². The van der Waals surface area contributed by atoms with Gasteiger partial charge in [0.25, 0.3) is 0 Å². The van der Waals surface area contributed by atoms with E-state index in [0.29, 0.717) is 12.5 Å². The smallest absolute Gasteiger partial charge is 0.220 e. The van der Waals surface area contributed by atoms with Gasteiger partial charge >= 0.3 is 0 Å². The molecule has 1 amide bonds. The first kappa shape index (κ1) is 16.2. The van der Waals surface area contributed by atoms with E-state index in [4.69, 9.17) is 0 Å². The number of hydrogen-bond donors (Lipinski definition) is 1. The number of rotatable bonds is 5. The number of amides is 1. The zero-order valence-corrected chi connectivity index (χ0v) is 15.3. The fourth-order valence-electron chi connectivity index (χ4n) is 6.06. The van der Waals surface area contributed by atoms with Gasteiger partial charge in [0.2, 0.25) is 5.91 Å². The van der Waals surface area contributed by atoms with Gasteiger partial charge in [0.1, 0.15) is 0 Å². The monoisotopic (exact) mass is 329 g/mol. The molecule has 0 atom stereocenters. The first-order valence-electron chi connectivity index (χ1n) is 9.87. The van der Waals surface area contributed by atoms with E-state index in [1.165, 1.54) is 43.4 Å². The van der Waals surface area contributed by atoms with Gasteiger partial charge in [-0.25, -0.2) is 0 Å². The van der Waals surface area contributed by atoms with Crippen LogP contribution in [-0.2, 0) is 17.8 Å². The topological polar surface area (TPSA) is 46.9 Å². The number of carbonyl (C=O) groups is 1. The Kier molecular flexibility index (Phi) is 4.17. The van der Waals surface area contributed by atoms with Gasteiger partial charge in [0, 0.05) is 24.7 Å². The molecule has 24 heavy (non-hydrogen) atoms. The van der Waals surface area contributed by atoms with Gasteiger partial charge in [-0.1, -0.05) is 0 Å².